The molecule has 5 nitrogen and oxygen atoms in total. The summed E-state index contributed by atoms with van der Waals surface area (Å²) in [6.45, 7) is 10.9. The van der Waals surface area contributed by atoms with Gasteiger partial charge in [-0.25, -0.2) is 0 Å². The van der Waals surface area contributed by atoms with Gasteiger partial charge < -0.3 is 10.1 Å². The summed E-state index contributed by atoms with van der Waals surface area (Å²) >= 11 is 1.62. The third-order valence-corrected chi connectivity index (χ3v) is 4.24. The first kappa shape index (κ1) is 21.3. The van der Waals surface area contributed by atoms with Gasteiger partial charge in [0.1, 0.15) is 0 Å². The fraction of sp³-hybridized carbons (Fsp3) is 0.474. The van der Waals surface area contributed by atoms with Gasteiger partial charge in [0.25, 0.3) is 0 Å². The number of carbonyl (C=O) groups excluding carboxylic acids is 2. The van der Waals surface area contributed by atoms with Crippen molar-refractivity contribution in [1.29, 1.82) is 0 Å². The van der Waals surface area contributed by atoms with Crippen LogP contribution in [0.15, 0.2) is 41.8 Å². The molecule has 0 aliphatic carbocycles. The zero-order valence-electron chi connectivity index (χ0n) is 15.3. The average Bonchev–Trinajstić information content (AvgIpc) is 2.53. The Hall–Kier alpha value is -1.79. The maximum absolute atomic E-state index is 12.4. The van der Waals surface area contributed by atoms with Crippen molar-refractivity contribution in [1.82, 2.24) is 4.90 Å². The number of nitrogens with one attached hydrogen (secondary N) is 1. The van der Waals surface area contributed by atoms with Crippen LogP contribution in [0.4, 0.5) is 5.69 Å². The molecule has 0 saturated heterocycles. The number of hydrogen-bond acceptors (Lipinski definition) is 5. The van der Waals surface area contributed by atoms with Crippen LogP contribution in [0.1, 0.15) is 20.8 Å². The fourth-order valence-electron chi connectivity index (χ4n) is 2.33. The lowest BCUT2D eigenvalue weighted by molar-refractivity contribution is -0.144. The first-order valence-corrected chi connectivity index (χ1v) is 9.45. The highest BCUT2D eigenvalue weighted by Gasteiger charge is 2.17. The molecule has 0 heterocycles. The first-order chi connectivity index (χ1) is 12.0. The lowest BCUT2D eigenvalue weighted by atomic mass is 10.2. The van der Waals surface area contributed by atoms with Crippen LogP contribution >= 0.6 is 11.8 Å². The Bertz CT molecular complexity index is 576. The summed E-state index contributed by atoms with van der Waals surface area (Å²) in [5.41, 5.74) is 0.778. The molecule has 0 bridgehead atoms. The Labute approximate surface area is 154 Å². The number of anilines is 1. The van der Waals surface area contributed by atoms with Crippen LogP contribution in [0.25, 0.3) is 0 Å². The van der Waals surface area contributed by atoms with Gasteiger partial charge in [0, 0.05) is 17.2 Å². The molecule has 0 fully saturated rings. The topological polar surface area (TPSA) is 58.6 Å². The lowest BCUT2D eigenvalue weighted by Crippen LogP contribution is -2.39. The summed E-state index contributed by atoms with van der Waals surface area (Å²) in [4.78, 5) is 27.0. The van der Waals surface area contributed by atoms with Crippen molar-refractivity contribution in [3.05, 3.63) is 36.9 Å². The number of thioether (sulfide) groups is 1. The number of carbonyl (C=O) groups is 2. The molecule has 138 valence electrons. The molecule has 0 aromatic heterocycles. The monoisotopic (exact) mass is 364 g/mol. The van der Waals surface area contributed by atoms with Gasteiger partial charge in [-0.1, -0.05) is 32.1 Å². The number of para-hydroxylation sites is 1. The second-order valence-corrected chi connectivity index (χ2v) is 7.07. The van der Waals surface area contributed by atoms with Gasteiger partial charge in [-0.2, -0.15) is 0 Å². The molecular weight excluding hydrogens is 336 g/mol. The van der Waals surface area contributed by atoms with E-state index in [0.717, 1.165) is 16.3 Å². The Kier molecular flexibility index (Phi) is 9.96. The van der Waals surface area contributed by atoms with Crippen LogP contribution < -0.4 is 5.32 Å². The maximum atomic E-state index is 12.4. The van der Waals surface area contributed by atoms with E-state index in [1.165, 1.54) is 0 Å². The molecule has 0 aliphatic rings. The normalized spacial score (nSPS) is 10.8. The van der Waals surface area contributed by atoms with Crippen LogP contribution in [0.5, 0.6) is 0 Å². The molecule has 6 heteroatoms. The SMILES string of the molecule is C=CCSc1ccccc1NC(=O)CN(CC(=O)OCC)CC(C)C. The molecule has 0 saturated carbocycles. The second-order valence-electron chi connectivity index (χ2n) is 6.01. The molecular formula is C19H28N2O3S. The van der Waals surface area contributed by atoms with Crippen molar-refractivity contribution < 1.29 is 14.3 Å². The van der Waals surface area contributed by atoms with Crippen molar-refractivity contribution in [2.24, 2.45) is 5.92 Å². The van der Waals surface area contributed by atoms with Gasteiger partial charge in [-0.15, -0.1) is 18.3 Å². The Morgan fingerprint density at radius 3 is 2.68 bits per heavy atom. The third kappa shape index (κ3) is 8.74. The van der Waals surface area contributed by atoms with Crippen molar-refractivity contribution >= 4 is 29.3 Å². The summed E-state index contributed by atoms with van der Waals surface area (Å²) in [5.74, 6) is 0.669. The third-order valence-electron chi connectivity index (χ3n) is 3.17. The van der Waals surface area contributed by atoms with Gasteiger partial charge in [-0.3, -0.25) is 14.5 Å². The number of hydrogen-bond donors (Lipinski definition) is 1. The number of ether oxygens (including phenoxy) is 1. The largest absolute Gasteiger partial charge is 0.465 e. The minimum atomic E-state index is -0.308. The summed E-state index contributed by atoms with van der Waals surface area (Å²) in [5, 5.41) is 2.94. The molecule has 0 atom stereocenters. The minimum absolute atomic E-state index is 0.117. The molecule has 0 spiro atoms. The second kappa shape index (κ2) is 11.7. The minimum Gasteiger partial charge on any atom is -0.465 e. The van der Waals surface area contributed by atoms with E-state index in [1.807, 2.05) is 35.2 Å². The zero-order chi connectivity index (χ0) is 18.7. The van der Waals surface area contributed by atoms with E-state index >= 15 is 0 Å². The summed E-state index contributed by atoms with van der Waals surface area (Å²) in [6, 6.07) is 7.67. The Morgan fingerprint density at radius 1 is 1.32 bits per heavy atom. The summed E-state index contributed by atoms with van der Waals surface area (Å²) < 4.78 is 4.99. The van der Waals surface area contributed by atoms with Crippen molar-refractivity contribution in [3.8, 4) is 0 Å². The van der Waals surface area contributed by atoms with E-state index in [4.69, 9.17) is 4.74 Å². The maximum Gasteiger partial charge on any atom is 0.320 e. The molecule has 25 heavy (non-hydrogen) atoms. The smallest absolute Gasteiger partial charge is 0.320 e. The Morgan fingerprint density at radius 2 is 2.04 bits per heavy atom. The van der Waals surface area contributed by atoms with E-state index < -0.39 is 0 Å². The molecule has 1 rings (SSSR count). The van der Waals surface area contributed by atoms with Crippen molar-refractivity contribution in [2.45, 2.75) is 25.7 Å². The van der Waals surface area contributed by atoms with Crippen LogP contribution in [0.2, 0.25) is 0 Å². The standard InChI is InChI=1S/C19H28N2O3S/c1-5-11-25-17-10-8-7-9-16(17)20-18(22)13-21(12-15(3)4)14-19(23)24-6-2/h5,7-10,15H,1,6,11-14H2,2-4H3,(H,20,22). The van der Waals surface area contributed by atoms with Gasteiger partial charge in [0.2, 0.25) is 5.91 Å². The van der Waals surface area contributed by atoms with E-state index in [2.05, 4.69) is 25.7 Å². The van der Waals surface area contributed by atoms with E-state index in [9.17, 15) is 9.59 Å². The molecule has 1 aromatic carbocycles. The molecule has 1 amide bonds. The summed E-state index contributed by atoms with van der Waals surface area (Å²) in [7, 11) is 0. The van der Waals surface area contributed by atoms with Gasteiger partial charge >= 0.3 is 5.97 Å². The number of amides is 1. The van der Waals surface area contributed by atoms with Crippen LogP contribution in [0.3, 0.4) is 0 Å². The van der Waals surface area contributed by atoms with Crippen molar-refractivity contribution in [2.75, 3.05) is 37.3 Å². The highest BCUT2D eigenvalue weighted by atomic mass is 32.2. The molecule has 1 N–H and O–H groups in total. The van der Waals surface area contributed by atoms with Gasteiger partial charge in [0.15, 0.2) is 0 Å². The van der Waals surface area contributed by atoms with E-state index in [0.29, 0.717) is 19.1 Å². The number of esters is 1. The highest BCUT2D eigenvalue weighted by molar-refractivity contribution is 7.99. The zero-order valence-corrected chi connectivity index (χ0v) is 16.1. The number of benzene rings is 1. The first-order valence-electron chi connectivity index (χ1n) is 8.46. The van der Waals surface area contributed by atoms with E-state index in [-0.39, 0.29) is 25.0 Å². The van der Waals surface area contributed by atoms with Crippen molar-refractivity contribution in [3.63, 3.8) is 0 Å². The molecule has 0 unspecified atom stereocenters. The van der Waals surface area contributed by atoms with E-state index in [1.54, 1.807) is 18.7 Å². The van der Waals surface area contributed by atoms with Crippen LogP contribution in [0, 0.1) is 5.92 Å². The van der Waals surface area contributed by atoms with Gasteiger partial charge in [-0.05, 0) is 25.0 Å². The quantitative estimate of drug-likeness (QED) is 0.370. The fourth-order valence-corrected chi connectivity index (χ4v) is 3.07. The lowest BCUT2D eigenvalue weighted by Gasteiger charge is -2.23. The molecule has 0 aliphatic heterocycles. The van der Waals surface area contributed by atoms with Crippen LogP contribution in [-0.4, -0.2) is 48.8 Å². The molecule has 1 aromatic rings. The van der Waals surface area contributed by atoms with Gasteiger partial charge in [0.05, 0.1) is 25.4 Å². The molecule has 0 radical (unpaired) electrons. The summed E-state index contributed by atoms with van der Waals surface area (Å²) in [6.07, 6.45) is 1.83. The predicted molar refractivity (Wildman–Crippen MR) is 104 cm³/mol. The highest BCUT2D eigenvalue weighted by Crippen LogP contribution is 2.26. The average molecular weight is 365 g/mol. The number of nitrogens with zero attached hydrogens (tertiary/aromatic N) is 1. The number of rotatable bonds is 11. The predicted octanol–water partition coefficient (Wildman–Crippen LogP) is 3.42. The van der Waals surface area contributed by atoms with Crippen LogP contribution in [-0.2, 0) is 14.3 Å². The Balaban J connectivity index is 2.70.